The maximum absolute atomic E-state index is 12.1. The molecule has 5 heteroatoms. The van der Waals surface area contributed by atoms with Crippen molar-refractivity contribution in [2.45, 2.75) is 64.5 Å². The third kappa shape index (κ3) is 3.85. The highest BCUT2D eigenvalue weighted by Crippen LogP contribution is 2.34. The Balaban J connectivity index is 1.88. The van der Waals surface area contributed by atoms with Gasteiger partial charge in [-0.05, 0) is 51.9 Å². The first kappa shape index (κ1) is 15.6. The monoisotopic (exact) mass is 283 g/mol. The third-order valence-corrected chi connectivity index (χ3v) is 4.48. The number of hydrogen-bond donors (Lipinski definition) is 2. The number of nitrogens with two attached hydrogens (primary N) is 1. The molecule has 2 aliphatic rings. The van der Waals surface area contributed by atoms with Crippen LogP contribution in [-0.4, -0.2) is 35.7 Å². The fraction of sp³-hybridized carbons (Fsp3) is 0.933. The van der Waals surface area contributed by atoms with E-state index in [9.17, 15) is 4.79 Å². The first-order valence-corrected chi connectivity index (χ1v) is 7.85. The Kier molecular flexibility index (Phi) is 4.91. The second-order valence-corrected chi connectivity index (χ2v) is 7.21. The van der Waals surface area contributed by atoms with Crippen LogP contribution in [0.15, 0.2) is 0 Å². The molecule has 0 bridgehead atoms. The Morgan fingerprint density at radius 3 is 2.45 bits per heavy atom. The highest BCUT2D eigenvalue weighted by Gasteiger charge is 2.37. The molecule has 1 aliphatic heterocycles. The predicted molar refractivity (Wildman–Crippen MR) is 79.0 cm³/mol. The van der Waals surface area contributed by atoms with Gasteiger partial charge >= 0.3 is 6.09 Å². The maximum atomic E-state index is 12.1. The Morgan fingerprint density at radius 1 is 1.25 bits per heavy atom. The molecule has 2 rings (SSSR count). The van der Waals surface area contributed by atoms with Gasteiger partial charge in [-0.2, -0.15) is 0 Å². The molecule has 0 aromatic carbocycles. The van der Waals surface area contributed by atoms with Crippen molar-refractivity contribution in [3.05, 3.63) is 0 Å². The van der Waals surface area contributed by atoms with Gasteiger partial charge in [0.05, 0.1) is 0 Å². The van der Waals surface area contributed by atoms with E-state index in [1.165, 1.54) is 25.7 Å². The van der Waals surface area contributed by atoms with E-state index in [1.54, 1.807) is 0 Å². The SMILES string of the molecule is CC(C)(C)OC(=O)N1CCC(C(NN)C2CCCC2)C1. The van der Waals surface area contributed by atoms with Crippen LogP contribution in [0.1, 0.15) is 52.9 Å². The summed E-state index contributed by atoms with van der Waals surface area (Å²) < 4.78 is 5.44. The molecule has 20 heavy (non-hydrogen) atoms. The number of rotatable bonds is 3. The van der Waals surface area contributed by atoms with Gasteiger partial charge in [-0.25, -0.2) is 4.79 Å². The van der Waals surface area contributed by atoms with E-state index < -0.39 is 5.60 Å². The number of hydrogen-bond acceptors (Lipinski definition) is 4. The molecule has 5 nitrogen and oxygen atoms in total. The molecule has 0 spiro atoms. The lowest BCUT2D eigenvalue weighted by atomic mass is 9.87. The van der Waals surface area contributed by atoms with Crippen LogP contribution in [0.25, 0.3) is 0 Å². The van der Waals surface area contributed by atoms with E-state index in [2.05, 4.69) is 5.43 Å². The zero-order chi connectivity index (χ0) is 14.8. The van der Waals surface area contributed by atoms with E-state index in [-0.39, 0.29) is 6.09 Å². The van der Waals surface area contributed by atoms with E-state index in [4.69, 9.17) is 10.6 Å². The van der Waals surface area contributed by atoms with Gasteiger partial charge in [0.25, 0.3) is 0 Å². The summed E-state index contributed by atoms with van der Waals surface area (Å²) in [4.78, 5) is 13.9. The minimum atomic E-state index is -0.424. The molecule has 2 unspecified atom stereocenters. The number of likely N-dealkylation sites (tertiary alicyclic amines) is 1. The second-order valence-electron chi connectivity index (χ2n) is 7.21. The molecule has 0 aromatic rings. The quantitative estimate of drug-likeness (QED) is 0.616. The largest absolute Gasteiger partial charge is 0.444 e. The van der Waals surface area contributed by atoms with Gasteiger partial charge in [0.2, 0.25) is 0 Å². The van der Waals surface area contributed by atoms with Crippen LogP contribution >= 0.6 is 0 Å². The van der Waals surface area contributed by atoms with E-state index in [1.807, 2.05) is 25.7 Å². The van der Waals surface area contributed by atoms with Crippen LogP contribution in [0, 0.1) is 11.8 Å². The highest BCUT2D eigenvalue weighted by atomic mass is 16.6. The fourth-order valence-electron chi connectivity index (χ4n) is 3.55. The molecular formula is C15H29N3O2. The Morgan fingerprint density at radius 2 is 1.90 bits per heavy atom. The van der Waals surface area contributed by atoms with Crippen molar-refractivity contribution in [1.29, 1.82) is 0 Å². The maximum Gasteiger partial charge on any atom is 0.410 e. The average Bonchev–Trinajstić information content (AvgIpc) is 2.98. The molecule has 0 radical (unpaired) electrons. The minimum Gasteiger partial charge on any atom is -0.444 e. The number of ether oxygens (including phenoxy) is 1. The Hall–Kier alpha value is -0.810. The number of amides is 1. The first-order chi connectivity index (χ1) is 9.40. The minimum absolute atomic E-state index is 0.192. The van der Waals surface area contributed by atoms with Gasteiger partial charge in [0.1, 0.15) is 5.60 Å². The van der Waals surface area contributed by atoms with Crippen LogP contribution in [0.4, 0.5) is 4.79 Å². The third-order valence-electron chi connectivity index (χ3n) is 4.48. The number of carbonyl (C=O) groups excluding carboxylic acids is 1. The van der Waals surface area contributed by atoms with E-state index in [0.717, 1.165) is 19.5 Å². The zero-order valence-corrected chi connectivity index (χ0v) is 13.0. The number of carbonyl (C=O) groups is 1. The van der Waals surface area contributed by atoms with Crippen molar-refractivity contribution in [1.82, 2.24) is 10.3 Å². The van der Waals surface area contributed by atoms with Crippen LogP contribution in [-0.2, 0) is 4.74 Å². The molecule has 1 heterocycles. The molecule has 2 atom stereocenters. The van der Waals surface area contributed by atoms with Crippen molar-refractivity contribution in [2.75, 3.05) is 13.1 Å². The van der Waals surface area contributed by atoms with Gasteiger partial charge in [0, 0.05) is 19.1 Å². The van der Waals surface area contributed by atoms with Crippen molar-refractivity contribution < 1.29 is 9.53 Å². The summed E-state index contributed by atoms with van der Waals surface area (Å²) in [6, 6.07) is 0.338. The summed E-state index contributed by atoms with van der Waals surface area (Å²) in [5, 5.41) is 0. The van der Waals surface area contributed by atoms with Crippen LogP contribution in [0.3, 0.4) is 0 Å². The molecule has 3 N–H and O–H groups in total. The normalized spacial score (nSPS) is 26.0. The van der Waals surface area contributed by atoms with Crippen molar-refractivity contribution in [2.24, 2.45) is 17.7 Å². The predicted octanol–water partition coefficient (Wildman–Crippen LogP) is 2.27. The summed E-state index contributed by atoms with van der Waals surface area (Å²) in [6.45, 7) is 7.26. The standard InChI is InChI=1S/C15H29N3O2/c1-15(2,3)20-14(19)18-9-8-12(10-18)13(17-16)11-6-4-5-7-11/h11-13,17H,4-10,16H2,1-3H3. The van der Waals surface area contributed by atoms with Gasteiger partial charge in [-0.15, -0.1) is 0 Å². The molecule has 0 aromatic heterocycles. The van der Waals surface area contributed by atoms with Crippen LogP contribution < -0.4 is 11.3 Å². The molecule has 116 valence electrons. The highest BCUT2D eigenvalue weighted by molar-refractivity contribution is 5.68. The molecular weight excluding hydrogens is 254 g/mol. The lowest BCUT2D eigenvalue weighted by molar-refractivity contribution is 0.0283. The fourth-order valence-corrected chi connectivity index (χ4v) is 3.55. The summed E-state index contributed by atoms with van der Waals surface area (Å²) in [6.07, 6.45) is 5.97. The summed E-state index contributed by atoms with van der Waals surface area (Å²) >= 11 is 0. The van der Waals surface area contributed by atoms with E-state index >= 15 is 0 Å². The smallest absolute Gasteiger partial charge is 0.410 e. The summed E-state index contributed by atoms with van der Waals surface area (Å²) in [5.41, 5.74) is 2.59. The van der Waals surface area contributed by atoms with Crippen molar-refractivity contribution in [3.8, 4) is 0 Å². The molecule has 1 saturated carbocycles. The van der Waals surface area contributed by atoms with Gasteiger partial charge in [-0.3, -0.25) is 11.3 Å². The molecule has 2 fully saturated rings. The Bertz CT molecular complexity index is 335. The summed E-state index contributed by atoms with van der Waals surface area (Å²) in [5.74, 6) is 6.90. The lowest BCUT2D eigenvalue weighted by Gasteiger charge is -2.29. The second kappa shape index (κ2) is 6.31. The van der Waals surface area contributed by atoms with E-state index in [0.29, 0.717) is 17.9 Å². The lowest BCUT2D eigenvalue weighted by Crippen LogP contribution is -2.46. The average molecular weight is 283 g/mol. The number of nitrogens with one attached hydrogen (secondary N) is 1. The van der Waals surface area contributed by atoms with Gasteiger partial charge in [-0.1, -0.05) is 12.8 Å². The Labute approximate surface area is 122 Å². The molecule has 1 saturated heterocycles. The topological polar surface area (TPSA) is 67.6 Å². The van der Waals surface area contributed by atoms with Crippen LogP contribution in [0.5, 0.6) is 0 Å². The number of nitrogens with zero attached hydrogens (tertiary/aromatic N) is 1. The first-order valence-electron chi connectivity index (χ1n) is 7.85. The number of hydrazine groups is 1. The van der Waals surface area contributed by atoms with Gasteiger partial charge in [0.15, 0.2) is 0 Å². The van der Waals surface area contributed by atoms with Crippen molar-refractivity contribution >= 4 is 6.09 Å². The van der Waals surface area contributed by atoms with Crippen LogP contribution in [0.2, 0.25) is 0 Å². The van der Waals surface area contributed by atoms with Gasteiger partial charge < -0.3 is 9.64 Å². The zero-order valence-electron chi connectivity index (χ0n) is 13.0. The summed E-state index contributed by atoms with van der Waals surface area (Å²) in [7, 11) is 0. The molecule has 1 amide bonds. The van der Waals surface area contributed by atoms with Crippen molar-refractivity contribution in [3.63, 3.8) is 0 Å². The molecule has 1 aliphatic carbocycles.